The van der Waals surface area contributed by atoms with Gasteiger partial charge in [0.15, 0.2) is 0 Å². The number of thioether (sulfide) groups is 1. The SMILES string of the molecule is CCC[C@H]1CCN[C@@H](C(=O)N[C@@H](CO)[C@@H](O)c2ccc(SC)cc2)C1. The molecule has 1 heterocycles. The summed E-state index contributed by atoms with van der Waals surface area (Å²) in [5.41, 5.74) is 0.692. The summed E-state index contributed by atoms with van der Waals surface area (Å²) in [4.78, 5) is 13.7. The van der Waals surface area contributed by atoms with Crippen LogP contribution in [-0.4, -0.2) is 47.6 Å². The molecule has 2 rings (SSSR count). The molecule has 140 valence electrons. The van der Waals surface area contributed by atoms with Crippen LogP contribution in [0.15, 0.2) is 29.2 Å². The van der Waals surface area contributed by atoms with E-state index >= 15 is 0 Å². The molecule has 0 radical (unpaired) electrons. The van der Waals surface area contributed by atoms with Crippen molar-refractivity contribution in [2.24, 2.45) is 5.92 Å². The molecule has 0 aliphatic carbocycles. The maximum Gasteiger partial charge on any atom is 0.237 e. The smallest absolute Gasteiger partial charge is 0.237 e. The minimum Gasteiger partial charge on any atom is -0.394 e. The summed E-state index contributed by atoms with van der Waals surface area (Å²) in [6, 6.07) is 6.57. The number of nitrogens with one attached hydrogen (secondary N) is 2. The first-order valence-corrected chi connectivity index (χ1v) is 10.3. The lowest BCUT2D eigenvalue weighted by molar-refractivity contribution is -0.126. The number of carbonyl (C=O) groups excluding carboxylic acids is 1. The third kappa shape index (κ3) is 5.71. The van der Waals surface area contributed by atoms with Gasteiger partial charge in [0.2, 0.25) is 5.91 Å². The first kappa shape index (κ1) is 20.2. The average molecular weight is 367 g/mol. The minimum atomic E-state index is -0.931. The number of hydrogen-bond donors (Lipinski definition) is 4. The van der Waals surface area contributed by atoms with Gasteiger partial charge in [-0.3, -0.25) is 4.79 Å². The van der Waals surface area contributed by atoms with E-state index in [4.69, 9.17) is 0 Å². The molecule has 0 unspecified atom stereocenters. The van der Waals surface area contributed by atoms with E-state index in [9.17, 15) is 15.0 Å². The Morgan fingerprint density at radius 3 is 2.72 bits per heavy atom. The third-order valence-corrected chi connectivity index (χ3v) is 5.63. The quantitative estimate of drug-likeness (QED) is 0.530. The van der Waals surface area contributed by atoms with E-state index in [0.717, 1.165) is 37.1 Å². The normalized spacial score (nSPS) is 23.0. The van der Waals surface area contributed by atoms with Crippen LogP contribution >= 0.6 is 11.8 Å². The van der Waals surface area contributed by atoms with Crippen molar-refractivity contribution in [2.45, 2.75) is 55.7 Å². The van der Waals surface area contributed by atoms with Crippen molar-refractivity contribution >= 4 is 17.7 Å². The highest BCUT2D eigenvalue weighted by atomic mass is 32.2. The summed E-state index contributed by atoms with van der Waals surface area (Å²) >= 11 is 1.63. The van der Waals surface area contributed by atoms with Gasteiger partial charge < -0.3 is 20.8 Å². The van der Waals surface area contributed by atoms with E-state index in [0.29, 0.717) is 11.5 Å². The van der Waals surface area contributed by atoms with Crippen LogP contribution in [0.3, 0.4) is 0 Å². The van der Waals surface area contributed by atoms with Crippen LogP contribution < -0.4 is 10.6 Å². The van der Waals surface area contributed by atoms with Gasteiger partial charge in [-0.1, -0.05) is 31.9 Å². The molecule has 1 saturated heterocycles. The predicted molar refractivity (Wildman–Crippen MR) is 102 cm³/mol. The molecule has 1 aliphatic rings. The molecule has 0 aromatic heterocycles. The summed E-state index contributed by atoms with van der Waals surface area (Å²) < 4.78 is 0. The van der Waals surface area contributed by atoms with Crippen LogP contribution in [0, 0.1) is 5.92 Å². The van der Waals surface area contributed by atoms with Gasteiger partial charge in [0.05, 0.1) is 18.7 Å². The molecule has 1 aromatic rings. The van der Waals surface area contributed by atoms with Crippen LogP contribution in [0.25, 0.3) is 0 Å². The van der Waals surface area contributed by atoms with E-state index in [-0.39, 0.29) is 18.6 Å². The summed E-state index contributed by atoms with van der Waals surface area (Å²) in [7, 11) is 0. The number of aliphatic hydroxyl groups excluding tert-OH is 2. The second-order valence-corrected chi connectivity index (χ2v) is 7.58. The van der Waals surface area contributed by atoms with Gasteiger partial charge in [0.1, 0.15) is 6.10 Å². The zero-order valence-electron chi connectivity index (χ0n) is 15.1. The molecule has 0 spiro atoms. The number of amides is 1. The van der Waals surface area contributed by atoms with E-state index < -0.39 is 12.1 Å². The lowest BCUT2D eigenvalue weighted by Crippen LogP contribution is -2.53. The maximum absolute atomic E-state index is 12.6. The molecule has 25 heavy (non-hydrogen) atoms. The Hall–Kier alpha value is -1.08. The molecule has 6 heteroatoms. The first-order valence-electron chi connectivity index (χ1n) is 9.05. The summed E-state index contributed by atoms with van der Waals surface area (Å²) in [6.07, 6.45) is 5.25. The number of aliphatic hydroxyl groups is 2. The molecule has 1 aromatic carbocycles. The number of benzene rings is 1. The number of piperidine rings is 1. The van der Waals surface area contributed by atoms with Crippen LogP contribution in [0.2, 0.25) is 0 Å². The molecule has 1 aliphatic heterocycles. The fourth-order valence-corrected chi connectivity index (χ4v) is 3.82. The average Bonchev–Trinajstić information content (AvgIpc) is 2.66. The monoisotopic (exact) mass is 366 g/mol. The summed E-state index contributed by atoms with van der Waals surface area (Å²) in [6.45, 7) is 2.70. The Morgan fingerprint density at radius 2 is 2.12 bits per heavy atom. The first-order chi connectivity index (χ1) is 12.1. The summed E-state index contributed by atoms with van der Waals surface area (Å²) in [5.74, 6) is 0.429. The van der Waals surface area contributed by atoms with Gasteiger partial charge in [-0.25, -0.2) is 0 Å². The van der Waals surface area contributed by atoms with Crippen LogP contribution in [0.4, 0.5) is 0 Å². The van der Waals surface area contributed by atoms with Crippen molar-refractivity contribution < 1.29 is 15.0 Å². The van der Waals surface area contributed by atoms with Gasteiger partial charge in [-0.05, 0) is 49.3 Å². The molecule has 5 nitrogen and oxygen atoms in total. The maximum atomic E-state index is 12.6. The van der Waals surface area contributed by atoms with Crippen molar-refractivity contribution in [2.75, 3.05) is 19.4 Å². The fourth-order valence-electron chi connectivity index (χ4n) is 3.41. The predicted octanol–water partition coefficient (Wildman–Crippen LogP) is 2.09. The van der Waals surface area contributed by atoms with Crippen molar-refractivity contribution in [1.82, 2.24) is 10.6 Å². The van der Waals surface area contributed by atoms with Gasteiger partial charge in [-0.15, -0.1) is 11.8 Å². The van der Waals surface area contributed by atoms with Gasteiger partial charge in [-0.2, -0.15) is 0 Å². The highest BCUT2D eigenvalue weighted by molar-refractivity contribution is 7.98. The molecule has 4 N–H and O–H groups in total. The number of carbonyl (C=O) groups is 1. The van der Waals surface area contributed by atoms with Crippen molar-refractivity contribution in [1.29, 1.82) is 0 Å². The van der Waals surface area contributed by atoms with Crippen molar-refractivity contribution in [3.63, 3.8) is 0 Å². The van der Waals surface area contributed by atoms with Crippen molar-refractivity contribution in [3.8, 4) is 0 Å². The molecule has 0 bridgehead atoms. The Balaban J connectivity index is 1.96. The standard InChI is InChI=1S/C19H30N2O3S/c1-3-4-13-9-10-20-16(11-13)19(24)21-17(12-22)18(23)14-5-7-15(25-2)8-6-14/h5-8,13,16-18,20,22-23H,3-4,9-12H2,1-2H3,(H,21,24)/t13-,16+,17-,18-/m0/s1. The Morgan fingerprint density at radius 1 is 1.40 bits per heavy atom. The Bertz CT molecular complexity index is 536. The Labute approximate surface area is 154 Å². The second-order valence-electron chi connectivity index (χ2n) is 6.70. The molecule has 4 atom stereocenters. The Kier molecular flexibility index (Phi) is 8.22. The minimum absolute atomic E-state index is 0.139. The van der Waals surface area contributed by atoms with E-state index in [1.165, 1.54) is 0 Å². The van der Waals surface area contributed by atoms with Gasteiger partial charge in [0, 0.05) is 4.90 Å². The van der Waals surface area contributed by atoms with E-state index in [2.05, 4.69) is 17.6 Å². The van der Waals surface area contributed by atoms with Crippen LogP contribution in [-0.2, 0) is 4.79 Å². The largest absolute Gasteiger partial charge is 0.394 e. The van der Waals surface area contributed by atoms with Crippen LogP contribution in [0.5, 0.6) is 0 Å². The molecule has 1 amide bonds. The highest BCUT2D eigenvalue weighted by Crippen LogP contribution is 2.23. The number of rotatable bonds is 8. The zero-order chi connectivity index (χ0) is 18.2. The summed E-state index contributed by atoms with van der Waals surface area (Å²) in [5, 5.41) is 26.2. The molecule has 1 fully saturated rings. The topological polar surface area (TPSA) is 81.6 Å². The molecular weight excluding hydrogens is 336 g/mol. The number of hydrogen-bond acceptors (Lipinski definition) is 5. The van der Waals surface area contributed by atoms with E-state index in [1.807, 2.05) is 30.5 Å². The van der Waals surface area contributed by atoms with Gasteiger partial charge in [0.25, 0.3) is 0 Å². The van der Waals surface area contributed by atoms with E-state index in [1.54, 1.807) is 11.8 Å². The highest BCUT2D eigenvalue weighted by Gasteiger charge is 2.29. The fraction of sp³-hybridized carbons (Fsp3) is 0.632. The molecular formula is C19H30N2O3S. The lowest BCUT2D eigenvalue weighted by Gasteiger charge is -2.31. The third-order valence-electron chi connectivity index (χ3n) is 4.89. The van der Waals surface area contributed by atoms with Crippen molar-refractivity contribution in [3.05, 3.63) is 29.8 Å². The van der Waals surface area contributed by atoms with Crippen LogP contribution in [0.1, 0.15) is 44.3 Å². The lowest BCUT2D eigenvalue weighted by atomic mass is 9.88. The second kappa shape index (κ2) is 10.2. The molecule has 0 saturated carbocycles. The van der Waals surface area contributed by atoms with Gasteiger partial charge >= 0.3 is 0 Å². The zero-order valence-corrected chi connectivity index (χ0v) is 15.9.